The fraction of sp³-hybridized carbons (Fsp3) is 0.273. The number of benzene rings is 2. The first-order chi connectivity index (χ1) is 13.2. The summed E-state index contributed by atoms with van der Waals surface area (Å²) in [6.45, 7) is 3.06. The molecule has 1 N–H and O–H groups in total. The van der Waals surface area contributed by atoms with Gasteiger partial charge in [0.1, 0.15) is 18.1 Å². The summed E-state index contributed by atoms with van der Waals surface area (Å²) in [5.41, 5.74) is 3.64. The lowest BCUT2D eigenvalue weighted by Crippen LogP contribution is -2.25. The number of carbonyl (C=O) groups is 1. The van der Waals surface area contributed by atoms with Crippen molar-refractivity contribution in [1.29, 1.82) is 0 Å². The lowest BCUT2D eigenvalue weighted by molar-refractivity contribution is 0.0941. The highest BCUT2D eigenvalue weighted by molar-refractivity contribution is 5.92. The summed E-state index contributed by atoms with van der Waals surface area (Å²) in [6, 6.07) is 19.7. The van der Waals surface area contributed by atoms with Crippen LogP contribution in [-0.4, -0.2) is 15.7 Å². The molecular formula is C22H25N3O2. The molecule has 0 aliphatic rings. The van der Waals surface area contributed by atoms with Crippen molar-refractivity contribution in [3.05, 3.63) is 83.2 Å². The van der Waals surface area contributed by atoms with Gasteiger partial charge in [-0.05, 0) is 35.7 Å². The van der Waals surface area contributed by atoms with Crippen LogP contribution in [0.3, 0.4) is 0 Å². The number of aryl methyl sites for hydroxylation is 2. The van der Waals surface area contributed by atoms with Crippen molar-refractivity contribution in [2.75, 3.05) is 0 Å². The highest BCUT2D eigenvalue weighted by Gasteiger charge is 2.12. The number of nitrogens with zero attached hydrogens (tertiary/aromatic N) is 2. The number of ether oxygens (including phenoxy) is 1. The van der Waals surface area contributed by atoms with Gasteiger partial charge in [-0.15, -0.1) is 0 Å². The minimum Gasteiger partial charge on any atom is -0.489 e. The zero-order valence-electron chi connectivity index (χ0n) is 15.8. The number of aromatic nitrogens is 2. The van der Waals surface area contributed by atoms with E-state index < -0.39 is 0 Å². The summed E-state index contributed by atoms with van der Waals surface area (Å²) in [4.78, 5) is 12.4. The van der Waals surface area contributed by atoms with Gasteiger partial charge in [0.2, 0.25) is 0 Å². The maximum absolute atomic E-state index is 12.4. The molecule has 3 aromatic rings. The van der Waals surface area contributed by atoms with E-state index in [0.29, 0.717) is 18.8 Å². The lowest BCUT2D eigenvalue weighted by atomic mass is 10.2. The second-order valence-electron chi connectivity index (χ2n) is 6.50. The molecule has 0 radical (unpaired) electrons. The Kier molecular flexibility index (Phi) is 6.26. The van der Waals surface area contributed by atoms with Gasteiger partial charge < -0.3 is 10.1 Å². The summed E-state index contributed by atoms with van der Waals surface area (Å²) >= 11 is 0. The molecule has 140 valence electrons. The van der Waals surface area contributed by atoms with E-state index in [0.717, 1.165) is 35.4 Å². The van der Waals surface area contributed by atoms with E-state index in [1.807, 2.05) is 60.7 Å². The average Bonchev–Trinajstić information content (AvgIpc) is 3.06. The zero-order chi connectivity index (χ0) is 19.1. The number of amides is 1. The summed E-state index contributed by atoms with van der Waals surface area (Å²) < 4.78 is 7.49. The van der Waals surface area contributed by atoms with E-state index in [-0.39, 0.29) is 5.91 Å². The molecule has 0 aliphatic heterocycles. The number of carbonyl (C=O) groups excluding carboxylic acids is 1. The number of hydrogen-bond donors (Lipinski definition) is 1. The van der Waals surface area contributed by atoms with Gasteiger partial charge in [0.15, 0.2) is 0 Å². The molecule has 0 saturated heterocycles. The first kappa shape index (κ1) is 18.7. The van der Waals surface area contributed by atoms with Gasteiger partial charge in [0, 0.05) is 13.6 Å². The molecule has 2 aromatic carbocycles. The van der Waals surface area contributed by atoms with Crippen LogP contribution in [0.1, 0.15) is 40.7 Å². The number of hydrogen-bond acceptors (Lipinski definition) is 3. The highest BCUT2D eigenvalue weighted by atomic mass is 16.5. The Morgan fingerprint density at radius 3 is 2.63 bits per heavy atom. The van der Waals surface area contributed by atoms with Gasteiger partial charge in [0.25, 0.3) is 5.91 Å². The van der Waals surface area contributed by atoms with Gasteiger partial charge in [-0.3, -0.25) is 9.48 Å². The zero-order valence-corrected chi connectivity index (χ0v) is 15.8. The van der Waals surface area contributed by atoms with Crippen molar-refractivity contribution in [3.8, 4) is 5.75 Å². The smallest absolute Gasteiger partial charge is 0.269 e. The quantitative estimate of drug-likeness (QED) is 0.661. The second-order valence-corrected chi connectivity index (χ2v) is 6.50. The molecule has 0 atom stereocenters. The van der Waals surface area contributed by atoms with Crippen LogP contribution < -0.4 is 10.1 Å². The Hall–Kier alpha value is -3.08. The monoisotopic (exact) mass is 363 g/mol. The molecule has 0 fully saturated rings. The molecule has 3 rings (SSSR count). The standard InChI is InChI=1S/C22H25N3O2/c1-3-8-19-14-21(25(2)24-19)22(26)23-15-18-11-7-12-20(13-18)27-16-17-9-5-4-6-10-17/h4-7,9-14H,3,8,15-16H2,1-2H3,(H,23,26). The Balaban J connectivity index is 1.57. The third kappa shape index (κ3) is 5.20. The molecule has 5 heteroatoms. The first-order valence-corrected chi connectivity index (χ1v) is 9.22. The first-order valence-electron chi connectivity index (χ1n) is 9.22. The summed E-state index contributed by atoms with van der Waals surface area (Å²) in [5, 5.41) is 7.34. The van der Waals surface area contributed by atoms with Gasteiger partial charge >= 0.3 is 0 Å². The van der Waals surface area contributed by atoms with Crippen molar-refractivity contribution in [2.45, 2.75) is 32.9 Å². The molecule has 27 heavy (non-hydrogen) atoms. The van der Waals surface area contributed by atoms with Gasteiger partial charge in [0.05, 0.1) is 5.69 Å². The van der Waals surface area contributed by atoms with E-state index in [2.05, 4.69) is 17.3 Å². The van der Waals surface area contributed by atoms with Crippen molar-refractivity contribution in [2.24, 2.45) is 7.05 Å². The molecular weight excluding hydrogens is 338 g/mol. The van der Waals surface area contributed by atoms with Crippen molar-refractivity contribution < 1.29 is 9.53 Å². The fourth-order valence-electron chi connectivity index (χ4n) is 2.88. The van der Waals surface area contributed by atoms with Gasteiger partial charge in [-0.1, -0.05) is 55.8 Å². The third-order valence-corrected chi connectivity index (χ3v) is 4.27. The minimum atomic E-state index is -0.122. The van der Waals surface area contributed by atoms with Crippen LogP contribution >= 0.6 is 0 Å². The Bertz CT molecular complexity index is 888. The van der Waals surface area contributed by atoms with Crippen LogP contribution in [0.25, 0.3) is 0 Å². The summed E-state index contributed by atoms with van der Waals surface area (Å²) in [7, 11) is 1.80. The van der Waals surface area contributed by atoms with Gasteiger partial charge in [-0.2, -0.15) is 5.10 Å². The molecule has 0 bridgehead atoms. The highest BCUT2D eigenvalue weighted by Crippen LogP contribution is 2.15. The van der Waals surface area contributed by atoms with Crippen LogP contribution in [0.5, 0.6) is 5.75 Å². The molecule has 1 amide bonds. The Morgan fingerprint density at radius 2 is 1.85 bits per heavy atom. The molecule has 5 nitrogen and oxygen atoms in total. The third-order valence-electron chi connectivity index (χ3n) is 4.27. The molecule has 1 heterocycles. The minimum absolute atomic E-state index is 0.122. The average molecular weight is 363 g/mol. The summed E-state index contributed by atoms with van der Waals surface area (Å²) in [6.07, 6.45) is 1.88. The van der Waals surface area contributed by atoms with E-state index >= 15 is 0 Å². The fourth-order valence-corrected chi connectivity index (χ4v) is 2.88. The Labute approximate surface area is 160 Å². The van der Waals surface area contributed by atoms with Crippen LogP contribution in [-0.2, 0) is 26.6 Å². The number of rotatable bonds is 8. The van der Waals surface area contributed by atoms with E-state index in [1.54, 1.807) is 11.7 Å². The summed E-state index contributed by atoms with van der Waals surface area (Å²) in [5.74, 6) is 0.666. The second kappa shape index (κ2) is 9.03. The predicted molar refractivity (Wildman–Crippen MR) is 106 cm³/mol. The molecule has 1 aromatic heterocycles. The Morgan fingerprint density at radius 1 is 1.07 bits per heavy atom. The maximum Gasteiger partial charge on any atom is 0.269 e. The van der Waals surface area contributed by atoms with Crippen molar-refractivity contribution in [1.82, 2.24) is 15.1 Å². The van der Waals surface area contributed by atoms with Crippen molar-refractivity contribution in [3.63, 3.8) is 0 Å². The molecule has 0 saturated carbocycles. The lowest BCUT2D eigenvalue weighted by Gasteiger charge is -2.09. The maximum atomic E-state index is 12.4. The van der Waals surface area contributed by atoms with E-state index in [1.165, 1.54) is 0 Å². The molecule has 0 unspecified atom stereocenters. The predicted octanol–water partition coefficient (Wildman–Crippen LogP) is 3.88. The van der Waals surface area contributed by atoms with Crippen LogP contribution in [0.15, 0.2) is 60.7 Å². The van der Waals surface area contributed by atoms with Crippen LogP contribution in [0.4, 0.5) is 0 Å². The largest absolute Gasteiger partial charge is 0.489 e. The van der Waals surface area contributed by atoms with E-state index in [4.69, 9.17) is 4.74 Å². The number of nitrogens with one attached hydrogen (secondary N) is 1. The topological polar surface area (TPSA) is 56.1 Å². The van der Waals surface area contributed by atoms with Crippen molar-refractivity contribution >= 4 is 5.91 Å². The molecule has 0 spiro atoms. The SMILES string of the molecule is CCCc1cc(C(=O)NCc2cccc(OCc3ccccc3)c2)n(C)n1. The van der Waals surface area contributed by atoms with Crippen LogP contribution in [0, 0.1) is 0 Å². The van der Waals surface area contributed by atoms with Crippen LogP contribution in [0.2, 0.25) is 0 Å². The normalized spacial score (nSPS) is 10.6. The van der Waals surface area contributed by atoms with Gasteiger partial charge in [-0.25, -0.2) is 0 Å². The van der Waals surface area contributed by atoms with E-state index in [9.17, 15) is 4.79 Å². The molecule has 0 aliphatic carbocycles.